The van der Waals surface area contributed by atoms with E-state index in [0.717, 1.165) is 50.4 Å². The molecule has 1 aromatic heterocycles. The molecule has 2 aliphatic rings. The number of piperidine rings is 1. The van der Waals surface area contributed by atoms with Crippen LogP contribution in [-0.2, 0) is 24.4 Å². The Morgan fingerprint density at radius 2 is 2.11 bits per heavy atom. The molecule has 1 aromatic carbocycles. The van der Waals surface area contributed by atoms with E-state index in [1.807, 2.05) is 22.9 Å². The topological polar surface area (TPSA) is 72.3 Å². The molecule has 3 heterocycles. The lowest BCUT2D eigenvalue weighted by Crippen LogP contribution is -2.54. The van der Waals surface area contributed by atoms with Gasteiger partial charge in [0.25, 0.3) is 5.91 Å². The molecule has 1 unspecified atom stereocenters. The second-order valence-corrected chi connectivity index (χ2v) is 8.39. The monoisotopic (exact) mass is 383 g/mol. The summed E-state index contributed by atoms with van der Waals surface area (Å²) in [7, 11) is 0. The number of fused-ring (bicyclic) bond motifs is 1. The van der Waals surface area contributed by atoms with Crippen molar-refractivity contribution in [3.05, 3.63) is 47.3 Å². The molecule has 28 heavy (non-hydrogen) atoms. The summed E-state index contributed by atoms with van der Waals surface area (Å²) >= 11 is 0. The number of aromatic nitrogens is 3. The zero-order valence-corrected chi connectivity index (χ0v) is 16.7. The van der Waals surface area contributed by atoms with Gasteiger partial charge >= 0.3 is 0 Å². The highest BCUT2D eigenvalue weighted by Crippen LogP contribution is 2.32. The molecule has 1 fully saturated rings. The summed E-state index contributed by atoms with van der Waals surface area (Å²) in [5.74, 6) is 0.549. The van der Waals surface area contributed by atoms with Crippen LogP contribution in [0.25, 0.3) is 0 Å². The summed E-state index contributed by atoms with van der Waals surface area (Å²) in [5, 5.41) is 11.6. The SMILES string of the molecule is CC(C)CN1CCCC2(C1)Cn1nnc(CNC(=O)c3ccccc3)c1CO2. The minimum atomic E-state index is -0.168. The average Bonchev–Trinajstić information content (AvgIpc) is 3.08. The smallest absolute Gasteiger partial charge is 0.251 e. The minimum Gasteiger partial charge on any atom is -0.365 e. The molecule has 1 atom stereocenters. The predicted octanol–water partition coefficient (Wildman–Crippen LogP) is 2.23. The highest BCUT2D eigenvalue weighted by Gasteiger charge is 2.41. The van der Waals surface area contributed by atoms with Gasteiger partial charge in [-0.05, 0) is 37.4 Å². The van der Waals surface area contributed by atoms with Crippen LogP contribution < -0.4 is 5.32 Å². The number of ether oxygens (including phenoxy) is 1. The summed E-state index contributed by atoms with van der Waals surface area (Å²) in [6.07, 6.45) is 2.21. The molecule has 7 nitrogen and oxygen atoms in total. The number of likely N-dealkylation sites (tertiary alicyclic amines) is 1. The van der Waals surface area contributed by atoms with Crippen LogP contribution in [0, 0.1) is 5.92 Å². The lowest BCUT2D eigenvalue weighted by atomic mass is 9.90. The van der Waals surface area contributed by atoms with Gasteiger partial charge in [0.05, 0.1) is 25.4 Å². The molecule has 1 spiro atoms. The maximum absolute atomic E-state index is 12.3. The molecule has 2 aliphatic heterocycles. The van der Waals surface area contributed by atoms with E-state index in [2.05, 4.69) is 34.4 Å². The fraction of sp³-hybridized carbons (Fsp3) is 0.571. The lowest BCUT2D eigenvalue weighted by Gasteiger charge is -2.45. The molecule has 0 saturated carbocycles. The Bertz CT molecular complexity index is 819. The van der Waals surface area contributed by atoms with Crippen LogP contribution in [0.3, 0.4) is 0 Å². The Hall–Kier alpha value is -2.25. The van der Waals surface area contributed by atoms with Crippen molar-refractivity contribution in [3.8, 4) is 0 Å². The first-order valence-corrected chi connectivity index (χ1v) is 10.2. The molecule has 0 radical (unpaired) electrons. The van der Waals surface area contributed by atoms with Crippen LogP contribution in [0.1, 0.15) is 48.4 Å². The van der Waals surface area contributed by atoms with Crippen LogP contribution in [0.5, 0.6) is 0 Å². The Kier molecular flexibility index (Phi) is 5.46. The zero-order valence-electron chi connectivity index (χ0n) is 16.7. The molecule has 7 heteroatoms. The molecule has 4 rings (SSSR count). The van der Waals surface area contributed by atoms with Crippen molar-refractivity contribution in [3.63, 3.8) is 0 Å². The van der Waals surface area contributed by atoms with Crippen molar-refractivity contribution in [2.45, 2.75) is 52.0 Å². The van der Waals surface area contributed by atoms with Gasteiger partial charge in [-0.2, -0.15) is 0 Å². The molecule has 1 amide bonds. The van der Waals surface area contributed by atoms with Gasteiger partial charge in [-0.3, -0.25) is 4.79 Å². The molecule has 150 valence electrons. The van der Waals surface area contributed by atoms with E-state index < -0.39 is 0 Å². The second kappa shape index (κ2) is 8.01. The van der Waals surface area contributed by atoms with E-state index in [4.69, 9.17) is 4.74 Å². The number of carbonyl (C=O) groups is 1. The summed E-state index contributed by atoms with van der Waals surface area (Å²) in [4.78, 5) is 14.8. The van der Waals surface area contributed by atoms with Gasteiger partial charge in [0.15, 0.2) is 0 Å². The third-order valence-electron chi connectivity index (χ3n) is 5.57. The number of carbonyl (C=O) groups excluding carboxylic acids is 1. The third-order valence-corrected chi connectivity index (χ3v) is 5.57. The second-order valence-electron chi connectivity index (χ2n) is 8.39. The van der Waals surface area contributed by atoms with Gasteiger partial charge < -0.3 is 15.0 Å². The standard InChI is InChI=1S/C21H29N5O2/c1-16(2)12-25-10-6-9-21(14-25)15-26-19(13-28-21)18(23-24-26)11-22-20(27)17-7-4-3-5-8-17/h3-5,7-8,16H,6,9-15H2,1-2H3,(H,22,27). The maximum atomic E-state index is 12.3. The fourth-order valence-electron chi connectivity index (χ4n) is 4.30. The van der Waals surface area contributed by atoms with E-state index in [9.17, 15) is 4.79 Å². The molecule has 1 saturated heterocycles. The third kappa shape index (κ3) is 4.10. The van der Waals surface area contributed by atoms with E-state index in [1.54, 1.807) is 12.1 Å². The summed E-state index contributed by atoms with van der Waals surface area (Å²) in [6, 6.07) is 9.21. The van der Waals surface area contributed by atoms with Gasteiger partial charge in [-0.25, -0.2) is 4.68 Å². The number of hydrogen-bond donors (Lipinski definition) is 1. The first-order chi connectivity index (χ1) is 13.5. The maximum Gasteiger partial charge on any atom is 0.251 e. The van der Waals surface area contributed by atoms with Gasteiger partial charge in [-0.15, -0.1) is 5.10 Å². The molecule has 0 bridgehead atoms. The number of nitrogens with one attached hydrogen (secondary N) is 1. The zero-order chi connectivity index (χ0) is 19.6. The van der Waals surface area contributed by atoms with Crippen LogP contribution in [0.4, 0.5) is 0 Å². The van der Waals surface area contributed by atoms with Crippen molar-refractivity contribution in [2.75, 3.05) is 19.6 Å². The summed E-state index contributed by atoms with van der Waals surface area (Å²) in [6.45, 7) is 9.30. The highest BCUT2D eigenvalue weighted by atomic mass is 16.5. The molecule has 2 aromatic rings. The van der Waals surface area contributed by atoms with Crippen LogP contribution >= 0.6 is 0 Å². The van der Waals surface area contributed by atoms with Crippen molar-refractivity contribution in [2.24, 2.45) is 5.92 Å². The van der Waals surface area contributed by atoms with Gasteiger partial charge in [0, 0.05) is 18.7 Å². The number of benzene rings is 1. The largest absolute Gasteiger partial charge is 0.365 e. The van der Waals surface area contributed by atoms with E-state index in [-0.39, 0.29) is 11.5 Å². The molecule has 0 aliphatic carbocycles. The van der Waals surface area contributed by atoms with Crippen molar-refractivity contribution >= 4 is 5.91 Å². The number of hydrogen-bond acceptors (Lipinski definition) is 5. The molecular formula is C21H29N5O2. The Labute approximate surface area is 166 Å². The minimum absolute atomic E-state index is 0.104. The average molecular weight is 383 g/mol. The molecule has 1 N–H and O–H groups in total. The van der Waals surface area contributed by atoms with Crippen LogP contribution in [0.15, 0.2) is 30.3 Å². The predicted molar refractivity (Wildman–Crippen MR) is 106 cm³/mol. The fourth-order valence-corrected chi connectivity index (χ4v) is 4.30. The van der Waals surface area contributed by atoms with Crippen LogP contribution in [-0.4, -0.2) is 51.0 Å². The highest BCUT2D eigenvalue weighted by molar-refractivity contribution is 5.94. The van der Waals surface area contributed by atoms with E-state index >= 15 is 0 Å². The lowest BCUT2D eigenvalue weighted by molar-refractivity contribution is -0.129. The van der Waals surface area contributed by atoms with Crippen molar-refractivity contribution < 1.29 is 9.53 Å². The van der Waals surface area contributed by atoms with Gasteiger partial charge in [0.1, 0.15) is 11.3 Å². The first-order valence-electron chi connectivity index (χ1n) is 10.2. The number of amides is 1. The van der Waals surface area contributed by atoms with Gasteiger partial charge in [-0.1, -0.05) is 37.3 Å². The van der Waals surface area contributed by atoms with E-state index in [1.165, 1.54) is 0 Å². The first kappa shape index (κ1) is 19.1. The Morgan fingerprint density at radius 3 is 2.89 bits per heavy atom. The number of rotatable bonds is 5. The summed E-state index contributed by atoms with van der Waals surface area (Å²) in [5.41, 5.74) is 2.23. The Balaban J connectivity index is 1.40. The molecular weight excluding hydrogens is 354 g/mol. The quantitative estimate of drug-likeness (QED) is 0.857. The van der Waals surface area contributed by atoms with Crippen LogP contribution in [0.2, 0.25) is 0 Å². The number of nitrogens with zero attached hydrogens (tertiary/aromatic N) is 4. The van der Waals surface area contributed by atoms with E-state index in [0.29, 0.717) is 24.6 Å². The normalized spacial score (nSPS) is 22.4. The Morgan fingerprint density at radius 1 is 1.29 bits per heavy atom. The summed E-state index contributed by atoms with van der Waals surface area (Å²) < 4.78 is 8.36. The van der Waals surface area contributed by atoms with Gasteiger partial charge in [0.2, 0.25) is 0 Å². The van der Waals surface area contributed by atoms with Crippen molar-refractivity contribution in [1.82, 2.24) is 25.2 Å². The van der Waals surface area contributed by atoms with Crippen molar-refractivity contribution in [1.29, 1.82) is 0 Å².